The number of imidazole rings is 1. The molecule has 3 rings (SSSR count). The van der Waals surface area contributed by atoms with Crippen LogP contribution in [0.3, 0.4) is 0 Å². The van der Waals surface area contributed by atoms with Gasteiger partial charge in [-0.05, 0) is 50.1 Å². The summed E-state index contributed by atoms with van der Waals surface area (Å²) in [4.78, 5) is 9.31. The summed E-state index contributed by atoms with van der Waals surface area (Å²) in [5.74, 6) is 0. The van der Waals surface area contributed by atoms with Crippen LogP contribution in [-0.2, 0) is 0 Å². The molecule has 0 N–H and O–H groups in total. The Morgan fingerprint density at radius 1 is 1.25 bits per heavy atom. The molecule has 0 saturated heterocycles. The van der Waals surface area contributed by atoms with Gasteiger partial charge < -0.3 is 0 Å². The van der Waals surface area contributed by atoms with E-state index in [0.29, 0.717) is 0 Å². The largest absolute Gasteiger partial charge is 0.283 e. The zero-order valence-electron chi connectivity index (χ0n) is 12.0. The van der Waals surface area contributed by atoms with Crippen LogP contribution in [0, 0.1) is 13.8 Å². The lowest BCUT2D eigenvalue weighted by molar-refractivity contribution is 1.14. The van der Waals surface area contributed by atoms with Crippen LogP contribution in [0.1, 0.15) is 23.9 Å². The molecule has 0 atom stereocenters. The van der Waals surface area contributed by atoms with Gasteiger partial charge in [-0.25, -0.2) is 9.97 Å². The maximum atomic E-state index is 4.67. The molecule has 3 aromatic heterocycles. The monoisotopic (exact) mass is 263 g/mol. The van der Waals surface area contributed by atoms with Gasteiger partial charge in [-0.3, -0.25) is 4.40 Å². The predicted octanol–water partition coefficient (Wildman–Crippen LogP) is 4.09. The highest BCUT2D eigenvalue weighted by Crippen LogP contribution is 2.22. The molecular formula is C17H17N3. The zero-order valence-corrected chi connectivity index (χ0v) is 12.0. The van der Waals surface area contributed by atoms with E-state index in [9.17, 15) is 0 Å². The second-order valence-electron chi connectivity index (χ2n) is 4.95. The fourth-order valence-corrected chi connectivity index (χ4v) is 2.57. The number of aromatic nitrogens is 3. The normalized spacial score (nSPS) is 12.2. The molecule has 0 amide bonds. The molecule has 3 nitrogen and oxygen atoms in total. The Morgan fingerprint density at radius 3 is 2.75 bits per heavy atom. The van der Waals surface area contributed by atoms with E-state index >= 15 is 0 Å². The number of allylic oxidation sites excluding steroid dienone is 3. The van der Waals surface area contributed by atoms with Crippen molar-refractivity contribution in [1.82, 2.24) is 14.4 Å². The van der Waals surface area contributed by atoms with Gasteiger partial charge in [0, 0.05) is 17.3 Å². The van der Waals surface area contributed by atoms with Crippen LogP contribution in [0.4, 0.5) is 0 Å². The number of aryl methyl sites for hydroxylation is 2. The van der Waals surface area contributed by atoms with Crippen molar-refractivity contribution in [3.05, 3.63) is 60.1 Å². The minimum absolute atomic E-state index is 0.909. The van der Waals surface area contributed by atoms with E-state index in [1.54, 1.807) is 0 Å². The third-order valence-electron chi connectivity index (χ3n) is 3.56. The Kier molecular flexibility index (Phi) is 2.90. The first kappa shape index (κ1) is 12.6. The summed E-state index contributed by atoms with van der Waals surface area (Å²) in [5, 5.41) is 1.16. The third-order valence-corrected chi connectivity index (χ3v) is 3.56. The molecular weight excluding hydrogens is 246 g/mol. The molecule has 0 bridgehead atoms. The molecule has 0 spiro atoms. The van der Waals surface area contributed by atoms with Gasteiger partial charge in [0.05, 0.1) is 5.69 Å². The van der Waals surface area contributed by atoms with Gasteiger partial charge in [-0.2, -0.15) is 0 Å². The van der Waals surface area contributed by atoms with Crippen molar-refractivity contribution in [3.8, 4) is 0 Å². The molecule has 3 heteroatoms. The fraction of sp³-hybridized carbons (Fsp3) is 0.176. The third kappa shape index (κ3) is 1.83. The number of fused-ring (bicyclic) bond motifs is 3. The van der Waals surface area contributed by atoms with Gasteiger partial charge in [0.2, 0.25) is 0 Å². The van der Waals surface area contributed by atoms with Gasteiger partial charge in [-0.1, -0.05) is 18.7 Å². The van der Waals surface area contributed by atoms with Crippen molar-refractivity contribution < 1.29 is 0 Å². The van der Waals surface area contributed by atoms with Gasteiger partial charge in [-0.15, -0.1) is 0 Å². The van der Waals surface area contributed by atoms with Crippen LogP contribution < -0.4 is 0 Å². The molecule has 0 fully saturated rings. The molecule has 0 aliphatic carbocycles. The first-order chi connectivity index (χ1) is 9.63. The Morgan fingerprint density at radius 2 is 2.05 bits per heavy atom. The van der Waals surface area contributed by atoms with E-state index in [-0.39, 0.29) is 0 Å². The fourth-order valence-electron chi connectivity index (χ4n) is 2.57. The number of rotatable bonds is 2. The summed E-state index contributed by atoms with van der Waals surface area (Å²) in [6.07, 6.45) is 5.87. The average Bonchev–Trinajstić information content (AvgIpc) is 2.84. The quantitative estimate of drug-likeness (QED) is 0.652. The predicted molar refractivity (Wildman–Crippen MR) is 83.8 cm³/mol. The Bertz CT molecular complexity index is 853. The maximum Gasteiger partial charge on any atom is 0.146 e. The topological polar surface area (TPSA) is 30.2 Å². The van der Waals surface area contributed by atoms with Crippen LogP contribution in [0.5, 0.6) is 0 Å². The molecule has 0 saturated carbocycles. The van der Waals surface area contributed by atoms with Crippen LogP contribution in [0.15, 0.2) is 43.1 Å². The summed E-state index contributed by atoms with van der Waals surface area (Å²) in [7, 11) is 0. The van der Waals surface area contributed by atoms with E-state index in [1.807, 2.05) is 38.3 Å². The van der Waals surface area contributed by atoms with Crippen molar-refractivity contribution in [2.45, 2.75) is 20.8 Å². The molecule has 3 aromatic rings. The Hall–Kier alpha value is -2.42. The minimum atomic E-state index is 0.909. The molecule has 0 radical (unpaired) electrons. The molecule has 3 heterocycles. The molecule has 0 aromatic carbocycles. The Labute approximate surface area is 118 Å². The van der Waals surface area contributed by atoms with Crippen LogP contribution in [0.2, 0.25) is 0 Å². The van der Waals surface area contributed by atoms with Crippen molar-refractivity contribution in [1.29, 1.82) is 0 Å². The smallest absolute Gasteiger partial charge is 0.146 e. The SMILES string of the molecule is C=C/C(=C\C)c1cn2c(ccc3c(C)cc(C)nc32)n1. The van der Waals surface area contributed by atoms with Crippen molar-refractivity contribution in [2.24, 2.45) is 0 Å². The zero-order chi connectivity index (χ0) is 14.3. The highest BCUT2D eigenvalue weighted by atomic mass is 15.0. The van der Waals surface area contributed by atoms with E-state index in [4.69, 9.17) is 0 Å². The standard InChI is InChI=1S/C17H17N3/c1-5-13(6-2)15-10-20-16(19-15)8-7-14-11(3)9-12(4)18-17(14)20/h5-10H,1H2,2-4H3/b13-6+. The van der Waals surface area contributed by atoms with Gasteiger partial charge >= 0.3 is 0 Å². The van der Waals surface area contributed by atoms with Gasteiger partial charge in [0.1, 0.15) is 11.3 Å². The lowest BCUT2D eigenvalue weighted by Gasteiger charge is -2.05. The van der Waals surface area contributed by atoms with Gasteiger partial charge in [0.15, 0.2) is 0 Å². The van der Waals surface area contributed by atoms with Crippen molar-refractivity contribution in [2.75, 3.05) is 0 Å². The number of pyridine rings is 2. The van der Waals surface area contributed by atoms with Crippen LogP contribution >= 0.6 is 0 Å². The van der Waals surface area contributed by atoms with Crippen LogP contribution in [0.25, 0.3) is 22.3 Å². The summed E-state index contributed by atoms with van der Waals surface area (Å²) in [6.45, 7) is 9.96. The second-order valence-corrected chi connectivity index (χ2v) is 4.95. The van der Waals surface area contributed by atoms with Crippen LogP contribution in [-0.4, -0.2) is 14.4 Å². The molecule has 0 aliphatic rings. The highest BCUT2D eigenvalue weighted by Gasteiger charge is 2.09. The van der Waals surface area contributed by atoms with E-state index in [0.717, 1.165) is 33.6 Å². The highest BCUT2D eigenvalue weighted by molar-refractivity contribution is 5.83. The summed E-state index contributed by atoms with van der Waals surface area (Å²) < 4.78 is 2.05. The summed E-state index contributed by atoms with van der Waals surface area (Å²) in [5.41, 5.74) is 6.08. The minimum Gasteiger partial charge on any atom is -0.283 e. The lowest BCUT2D eigenvalue weighted by Crippen LogP contribution is -1.94. The molecule has 100 valence electrons. The lowest BCUT2D eigenvalue weighted by atomic mass is 10.1. The number of hydrogen-bond donors (Lipinski definition) is 0. The first-order valence-electron chi connectivity index (χ1n) is 6.69. The van der Waals surface area contributed by atoms with E-state index < -0.39 is 0 Å². The number of hydrogen-bond acceptors (Lipinski definition) is 2. The van der Waals surface area contributed by atoms with E-state index in [1.165, 1.54) is 5.56 Å². The maximum absolute atomic E-state index is 4.67. The van der Waals surface area contributed by atoms with E-state index in [2.05, 4.69) is 40.0 Å². The summed E-state index contributed by atoms with van der Waals surface area (Å²) in [6, 6.07) is 6.23. The average molecular weight is 263 g/mol. The first-order valence-corrected chi connectivity index (χ1v) is 6.69. The Balaban J connectivity index is 2.39. The van der Waals surface area contributed by atoms with Gasteiger partial charge in [0.25, 0.3) is 0 Å². The molecule has 0 aliphatic heterocycles. The second kappa shape index (κ2) is 4.60. The summed E-state index contributed by atoms with van der Waals surface area (Å²) >= 11 is 0. The number of nitrogens with zero attached hydrogens (tertiary/aromatic N) is 3. The molecule has 0 unspecified atom stereocenters. The van der Waals surface area contributed by atoms with Crippen molar-refractivity contribution >= 4 is 22.3 Å². The molecule has 20 heavy (non-hydrogen) atoms. The van der Waals surface area contributed by atoms with Crippen molar-refractivity contribution in [3.63, 3.8) is 0 Å².